The molecule has 0 aromatic carbocycles. The van der Waals surface area contributed by atoms with Gasteiger partial charge < -0.3 is 4.74 Å². The lowest BCUT2D eigenvalue weighted by Crippen LogP contribution is -2.18. The molecule has 1 aliphatic carbocycles. The predicted molar refractivity (Wildman–Crippen MR) is 61.9 cm³/mol. The largest absolute Gasteiger partial charge is 0.469 e. The van der Waals surface area contributed by atoms with Crippen LogP contribution < -0.4 is 0 Å². The second-order valence-electron chi connectivity index (χ2n) is 4.06. The first-order valence-corrected chi connectivity index (χ1v) is 5.74. The van der Waals surface area contributed by atoms with Crippen molar-refractivity contribution in [3.8, 4) is 0 Å². The minimum atomic E-state index is -0.309. The number of esters is 1. The van der Waals surface area contributed by atoms with E-state index in [0.29, 0.717) is 19.3 Å². The Hall–Kier alpha value is -1.12. The van der Waals surface area contributed by atoms with E-state index < -0.39 is 0 Å². The van der Waals surface area contributed by atoms with Gasteiger partial charge in [-0.15, -0.1) is 0 Å². The standard InChI is InChI=1S/C13H20O3/c1-3-4-5-6-11-10(7-8-12(11)14)9-13(15)16-2/h4-5,10-11H,3,6-9H2,1-2H3/b5-4-/t10-,11-/m0/s1/i4T,5T. The molecule has 3 heteroatoms. The average Bonchev–Trinajstić information content (AvgIpc) is 2.70. The Labute approximate surface area is 99.7 Å². The summed E-state index contributed by atoms with van der Waals surface area (Å²) in [5.41, 5.74) is 0. The van der Waals surface area contributed by atoms with Crippen molar-refractivity contribution in [1.82, 2.24) is 0 Å². The zero-order valence-corrected chi connectivity index (χ0v) is 9.91. The van der Waals surface area contributed by atoms with E-state index in [1.54, 1.807) is 0 Å². The number of ketones is 1. The minimum absolute atomic E-state index is 0.0324. The Morgan fingerprint density at radius 2 is 2.38 bits per heavy atom. The summed E-state index contributed by atoms with van der Waals surface area (Å²) < 4.78 is 20.0. The molecule has 0 saturated heterocycles. The molecule has 90 valence electrons. The van der Waals surface area contributed by atoms with E-state index in [1.165, 1.54) is 7.11 Å². The van der Waals surface area contributed by atoms with Crippen LogP contribution in [0.2, 0.25) is 0 Å². The monoisotopic (exact) mass is 228 g/mol. The Bertz CT molecular complexity index is 363. The fraction of sp³-hybridized carbons (Fsp3) is 0.692. The van der Waals surface area contributed by atoms with E-state index in [4.69, 9.17) is 2.74 Å². The molecule has 2 atom stereocenters. The van der Waals surface area contributed by atoms with Gasteiger partial charge in [-0.05, 0) is 25.2 Å². The van der Waals surface area contributed by atoms with Crippen LogP contribution in [0.1, 0.15) is 41.8 Å². The number of carbonyl (C=O) groups is 2. The maximum Gasteiger partial charge on any atom is 0.305 e. The van der Waals surface area contributed by atoms with Crippen LogP contribution in [0.3, 0.4) is 0 Å². The molecular weight excluding hydrogens is 204 g/mol. The maximum absolute atomic E-state index is 11.8. The molecule has 1 aliphatic rings. The van der Waals surface area contributed by atoms with Crippen LogP contribution in [-0.2, 0) is 14.3 Å². The molecule has 0 heterocycles. The van der Waals surface area contributed by atoms with Crippen molar-refractivity contribution < 1.29 is 17.1 Å². The Morgan fingerprint density at radius 3 is 3.00 bits per heavy atom. The Morgan fingerprint density at radius 1 is 1.62 bits per heavy atom. The van der Waals surface area contributed by atoms with Gasteiger partial charge in [0.1, 0.15) is 5.78 Å². The molecule has 1 rings (SSSR count). The molecule has 0 spiro atoms. The minimum Gasteiger partial charge on any atom is -0.469 e. The number of rotatable bonds is 5. The number of ether oxygens (including phenoxy) is 1. The van der Waals surface area contributed by atoms with Crippen LogP contribution in [0.15, 0.2) is 12.1 Å². The summed E-state index contributed by atoms with van der Waals surface area (Å²) in [7, 11) is 1.34. The second kappa shape index (κ2) is 6.46. The lowest BCUT2D eigenvalue weighted by molar-refractivity contribution is -0.142. The van der Waals surface area contributed by atoms with Gasteiger partial charge in [0, 0.05) is 18.8 Å². The van der Waals surface area contributed by atoms with E-state index in [-0.39, 0.29) is 48.5 Å². The van der Waals surface area contributed by atoms with Crippen molar-refractivity contribution >= 4 is 11.8 Å². The molecule has 16 heavy (non-hydrogen) atoms. The molecule has 1 saturated carbocycles. The highest BCUT2D eigenvalue weighted by molar-refractivity contribution is 5.84. The molecule has 0 unspecified atom stereocenters. The van der Waals surface area contributed by atoms with Crippen molar-refractivity contribution in [2.75, 3.05) is 7.11 Å². The number of allylic oxidation sites excluding steroid dienone is 2. The fourth-order valence-corrected chi connectivity index (χ4v) is 2.11. The van der Waals surface area contributed by atoms with E-state index >= 15 is 0 Å². The third kappa shape index (κ3) is 3.47. The summed E-state index contributed by atoms with van der Waals surface area (Å²) in [5.74, 6) is -0.521. The van der Waals surface area contributed by atoms with Crippen LogP contribution in [0.5, 0.6) is 0 Å². The quantitative estimate of drug-likeness (QED) is 0.536. The lowest BCUT2D eigenvalue weighted by Gasteiger charge is -2.15. The smallest absolute Gasteiger partial charge is 0.305 e. The normalized spacial score (nSPS) is 28.2. The van der Waals surface area contributed by atoms with Gasteiger partial charge >= 0.3 is 5.97 Å². The molecule has 0 N–H and O–H groups in total. The van der Waals surface area contributed by atoms with Gasteiger partial charge in [-0.2, -0.15) is 0 Å². The van der Waals surface area contributed by atoms with Gasteiger partial charge in [0.2, 0.25) is 0 Å². The van der Waals surface area contributed by atoms with E-state index in [2.05, 4.69) is 4.74 Å². The highest BCUT2D eigenvalue weighted by atomic mass is 16.5. The van der Waals surface area contributed by atoms with E-state index in [9.17, 15) is 9.59 Å². The Balaban J connectivity index is 2.71. The van der Waals surface area contributed by atoms with Gasteiger partial charge in [0.05, 0.1) is 9.85 Å². The zero-order chi connectivity index (χ0) is 13.7. The maximum atomic E-state index is 11.8. The van der Waals surface area contributed by atoms with E-state index in [1.807, 2.05) is 6.92 Å². The molecule has 0 amide bonds. The molecule has 0 radical (unpaired) electrons. The summed E-state index contributed by atoms with van der Waals surface area (Å²) in [6.45, 7) is 1.82. The number of Topliss-reactive ketones (excluding diaryl/α,β-unsaturated/α-hetero) is 1. The van der Waals surface area contributed by atoms with Gasteiger partial charge in [-0.3, -0.25) is 9.59 Å². The van der Waals surface area contributed by atoms with Gasteiger partial charge in [0.25, 0.3) is 0 Å². The summed E-state index contributed by atoms with van der Waals surface area (Å²) in [6, 6.07) is 0.485. The molecular formula is C13H20O3. The van der Waals surface area contributed by atoms with Crippen LogP contribution in [0.25, 0.3) is 0 Å². The zero-order valence-electron chi connectivity index (χ0n) is 11.9. The van der Waals surface area contributed by atoms with Gasteiger partial charge in [0.15, 0.2) is 0 Å². The third-order valence-electron chi connectivity index (χ3n) is 3.02. The SMILES string of the molecule is [3H]/C(CC)=C(\[3H])C[C@@H]1C(=O)CC[C@H]1CC(=O)OC. The predicted octanol–water partition coefficient (Wildman–Crippen LogP) is 2.50. The van der Waals surface area contributed by atoms with Crippen LogP contribution >= 0.6 is 0 Å². The summed E-state index contributed by atoms with van der Waals surface area (Å²) in [6.07, 6.45) is 2.18. The average molecular weight is 228 g/mol. The molecule has 0 aromatic rings. The number of methoxy groups -OCH3 is 1. The molecule has 3 nitrogen and oxygen atoms in total. The summed E-state index contributed by atoms with van der Waals surface area (Å²) in [4.78, 5) is 23.0. The molecule has 1 fully saturated rings. The molecule has 0 aliphatic heterocycles. The van der Waals surface area contributed by atoms with Crippen molar-refractivity contribution in [1.29, 1.82) is 0 Å². The number of carbonyl (C=O) groups excluding carboxylic acids is 2. The highest BCUT2D eigenvalue weighted by Gasteiger charge is 2.34. The highest BCUT2D eigenvalue weighted by Crippen LogP contribution is 2.34. The summed E-state index contributed by atoms with van der Waals surface area (Å²) in [5, 5.41) is 0. The first kappa shape index (κ1) is 10.1. The fourth-order valence-electron chi connectivity index (χ4n) is 2.11. The van der Waals surface area contributed by atoms with Crippen molar-refractivity contribution in [2.45, 2.75) is 39.0 Å². The second-order valence-corrected chi connectivity index (χ2v) is 4.06. The first-order chi connectivity index (χ1) is 8.49. The van der Waals surface area contributed by atoms with Crippen molar-refractivity contribution in [3.05, 3.63) is 12.1 Å². The number of hydrogen-bond acceptors (Lipinski definition) is 3. The van der Waals surface area contributed by atoms with Crippen molar-refractivity contribution in [2.24, 2.45) is 11.8 Å². The third-order valence-corrected chi connectivity index (χ3v) is 3.02. The van der Waals surface area contributed by atoms with Crippen LogP contribution in [-0.4, -0.2) is 18.9 Å². The Kier molecular flexibility index (Phi) is 4.06. The molecule has 0 bridgehead atoms. The van der Waals surface area contributed by atoms with Gasteiger partial charge in [-0.1, -0.05) is 19.0 Å². The van der Waals surface area contributed by atoms with Gasteiger partial charge in [-0.25, -0.2) is 0 Å². The first-order valence-electron chi connectivity index (χ1n) is 6.74. The summed E-state index contributed by atoms with van der Waals surface area (Å²) >= 11 is 0. The topological polar surface area (TPSA) is 43.4 Å². The van der Waals surface area contributed by atoms with Crippen LogP contribution in [0, 0.1) is 11.8 Å². The lowest BCUT2D eigenvalue weighted by atomic mass is 9.89. The van der Waals surface area contributed by atoms with Crippen molar-refractivity contribution in [3.63, 3.8) is 0 Å². The van der Waals surface area contributed by atoms with Crippen LogP contribution in [0.4, 0.5) is 0 Å². The van der Waals surface area contributed by atoms with E-state index in [0.717, 1.165) is 0 Å². The molecule has 0 aromatic heterocycles. The number of hydrogen-bond donors (Lipinski definition) is 0.